The maximum atomic E-state index is 11.8. The summed E-state index contributed by atoms with van der Waals surface area (Å²) >= 11 is 2.07. The summed E-state index contributed by atoms with van der Waals surface area (Å²) in [6.07, 6.45) is 1.44. The van der Waals surface area contributed by atoms with Crippen molar-refractivity contribution in [3.05, 3.63) is 0 Å². The zero-order chi connectivity index (χ0) is 12.3. The van der Waals surface area contributed by atoms with Crippen molar-refractivity contribution in [1.29, 1.82) is 0 Å². The normalized spacial score (nSPS) is 21.8. The maximum Gasteiger partial charge on any atom is 0.411 e. The molecule has 0 aromatic carbocycles. The Labute approximate surface area is 110 Å². The maximum absolute atomic E-state index is 11.8. The van der Waals surface area contributed by atoms with Crippen molar-refractivity contribution in [1.82, 2.24) is 4.90 Å². The van der Waals surface area contributed by atoms with E-state index in [1.54, 1.807) is 11.8 Å². The molecule has 92 valence electrons. The Kier molecular flexibility index (Phi) is 4.58. The Morgan fingerprint density at radius 1 is 1.44 bits per heavy atom. The van der Waals surface area contributed by atoms with Gasteiger partial charge in [-0.2, -0.15) is 0 Å². The number of likely N-dealkylation sites (tertiary alicyclic amines) is 1. The van der Waals surface area contributed by atoms with Gasteiger partial charge in [-0.1, -0.05) is 0 Å². The number of hydrogen-bond acceptors (Lipinski definition) is 3. The highest BCUT2D eigenvalue weighted by Crippen LogP contribution is 2.23. The van der Waals surface area contributed by atoms with Crippen LogP contribution in [0.5, 0.6) is 0 Å². The fourth-order valence-corrected chi connectivity index (χ4v) is 1.94. The summed E-state index contributed by atoms with van der Waals surface area (Å²) in [5, 5.41) is 0. The Morgan fingerprint density at radius 3 is 2.56 bits per heavy atom. The fourth-order valence-electron chi connectivity index (χ4n) is 1.75. The van der Waals surface area contributed by atoms with E-state index >= 15 is 0 Å². The molecule has 0 spiro atoms. The quantitative estimate of drug-likeness (QED) is 0.574. The number of alkyl halides is 1. The van der Waals surface area contributed by atoms with E-state index < -0.39 is 3.61 Å². The number of hydrogen-bond donors (Lipinski definition) is 0. The van der Waals surface area contributed by atoms with Crippen molar-refractivity contribution in [2.45, 2.75) is 37.2 Å². The minimum atomic E-state index is -0.502. The fraction of sp³-hybridized carbons (Fsp3) is 0.818. The molecule has 0 bridgehead atoms. The molecule has 1 saturated heterocycles. The van der Waals surface area contributed by atoms with E-state index in [0.717, 1.165) is 12.8 Å². The lowest BCUT2D eigenvalue weighted by atomic mass is 9.95. The third kappa shape index (κ3) is 4.27. The molecular weight excluding hydrogens is 321 g/mol. The largest absolute Gasteiger partial charge is 0.433 e. The Bertz CT molecular complexity index is 285. The SMILES string of the molecule is CC(=O)C1CCCN(C(=O)OC(C)(C)I)C1. The van der Waals surface area contributed by atoms with Gasteiger partial charge in [0.2, 0.25) is 0 Å². The van der Waals surface area contributed by atoms with Crippen molar-refractivity contribution in [2.24, 2.45) is 5.92 Å². The van der Waals surface area contributed by atoms with Crippen LogP contribution in [-0.4, -0.2) is 33.5 Å². The van der Waals surface area contributed by atoms with Crippen molar-refractivity contribution >= 4 is 34.5 Å². The van der Waals surface area contributed by atoms with Crippen LogP contribution in [0, 0.1) is 5.92 Å². The van der Waals surface area contributed by atoms with Gasteiger partial charge >= 0.3 is 6.09 Å². The highest BCUT2D eigenvalue weighted by molar-refractivity contribution is 14.1. The number of carbonyl (C=O) groups is 2. The van der Waals surface area contributed by atoms with Crippen LogP contribution < -0.4 is 0 Å². The van der Waals surface area contributed by atoms with E-state index in [4.69, 9.17) is 4.74 Å². The summed E-state index contributed by atoms with van der Waals surface area (Å²) in [4.78, 5) is 24.7. The zero-order valence-corrected chi connectivity index (χ0v) is 12.1. The van der Waals surface area contributed by atoms with Crippen LogP contribution in [-0.2, 0) is 9.53 Å². The van der Waals surface area contributed by atoms with E-state index in [0.29, 0.717) is 13.1 Å². The average Bonchev–Trinajstić information content (AvgIpc) is 2.15. The van der Waals surface area contributed by atoms with Crippen molar-refractivity contribution in [2.75, 3.05) is 13.1 Å². The molecule has 0 saturated carbocycles. The summed E-state index contributed by atoms with van der Waals surface area (Å²) in [7, 11) is 0. The number of ether oxygens (including phenoxy) is 1. The third-order valence-corrected chi connectivity index (χ3v) is 2.80. The van der Waals surface area contributed by atoms with E-state index in [2.05, 4.69) is 22.6 Å². The summed E-state index contributed by atoms with van der Waals surface area (Å²) in [6.45, 7) is 6.44. The second-order valence-electron chi connectivity index (χ2n) is 4.63. The van der Waals surface area contributed by atoms with Crippen LogP contribution >= 0.6 is 22.6 Å². The lowest BCUT2D eigenvalue weighted by molar-refractivity contribution is -0.122. The van der Waals surface area contributed by atoms with Crippen molar-refractivity contribution in [3.63, 3.8) is 0 Å². The first-order valence-corrected chi connectivity index (χ1v) is 6.55. The van der Waals surface area contributed by atoms with Crippen LogP contribution in [0.25, 0.3) is 0 Å². The molecule has 0 radical (unpaired) electrons. The van der Waals surface area contributed by atoms with Gasteiger partial charge in [-0.15, -0.1) is 0 Å². The monoisotopic (exact) mass is 339 g/mol. The first-order chi connectivity index (χ1) is 7.29. The first kappa shape index (κ1) is 13.7. The second-order valence-corrected chi connectivity index (χ2v) is 7.23. The van der Waals surface area contributed by atoms with Gasteiger partial charge in [0.1, 0.15) is 5.78 Å². The molecule has 1 atom stereocenters. The average molecular weight is 339 g/mol. The van der Waals surface area contributed by atoms with Gasteiger partial charge < -0.3 is 9.64 Å². The van der Waals surface area contributed by atoms with Gasteiger partial charge in [0, 0.05) is 19.0 Å². The summed E-state index contributed by atoms with van der Waals surface area (Å²) in [6, 6.07) is 0. The molecule has 1 unspecified atom stereocenters. The molecule has 1 heterocycles. The van der Waals surface area contributed by atoms with Gasteiger partial charge in [0.15, 0.2) is 3.61 Å². The number of carbonyl (C=O) groups excluding carboxylic acids is 2. The molecule has 4 nitrogen and oxygen atoms in total. The highest BCUT2D eigenvalue weighted by Gasteiger charge is 2.29. The summed E-state index contributed by atoms with van der Waals surface area (Å²) in [5.41, 5.74) is 0. The molecule has 1 amide bonds. The van der Waals surface area contributed by atoms with Crippen LogP contribution in [0.1, 0.15) is 33.6 Å². The standard InChI is InChI=1S/C11H18INO3/c1-8(14)9-5-4-6-13(7-9)10(15)16-11(2,3)12/h9H,4-7H2,1-3H3. The summed E-state index contributed by atoms with van der Waals surface area (Å²) in [5.74, 6) is 0.143. The number of nitrogens with zero attached hydrogens (tertiary/aromatic N) is 1. The topological polar surface area (TPSA) is 46.6 Å². The number of piperidine rings is 1. The molecule has 16 heavy (non-hydrogen) atoms. The number of ketones is 1. The van der Waals surface area contributed by atoms with Crippen LogP contribution in [0.2, 0.25) is 0 Å². The van der Waals surface area contributed by atoms with Crippen LogP contribution in [0.4, 0.5) is 4.79 Å². The molecule has 1 rings (SSSR count). The lowest BCUT2D eigenvalue weighted by Gasteiger charge is -2.32. The number of halogens is 1. The second kappa shape index (κ2) is 5.33. The molecule has 5 heteroatoms. The Balaban J connectivity index is 2.54. The number of Topliss-reactive ketones (excluding diaryl/α,β-unsaturated/α-hetero) is 1. The molecule has 1 aliphatic heterocycles. The van der Waals surface area contributed by atoms with Crippen LogP contribution in [0.15, 0.2) is 0 Å². The van der Waals surface area contributed by atoms with Gasteiger partial charge in [-0.05, 0) is 56.2 Å². The highest BCUT2D eigenvalue weighted by atomic mass is 127. The Hall–Kier alpha value is -0.330. The summed E-state index contributed by atoms with van der Waals surface area (Å²) < 4.78 is 4.77. The molecular formula is C11H18INO3. The van der Waals surface area contributed by atoms with Crippen molar-refractivity contribution < 1.29 is 14.3 Å². The zero-order valence-electron chi connectivity index (χ0n) is 9.96. The van der Waals surface area contributed by atoms with Gasteiger partial charge in [-0.3, -0.25) is 4.79 Å². The van der Waals surface area contributed by atoms with Crippen LogP contribution in [0.3, 0.4) is 0 Å². The molecule has 0 N–H and O–H groups in total. The van der Waals surface area contributed by atoms with Crippen molar-refractivity contribution in [3.8, 4) is 0 Å². The number of amides is 1. The van der Waals surface area contributed by atoms with E-state index in [-0.39, 0.29) is 17.8 Å². The predicted octanol–water partition coefficient (Wildman–Crippen LogP) is 2.60. The van der Waals surface area contributed by atoms with Gasteiger partial charge in [0.05, 0.1) is 0 Å². The minimum absolute atomic E-state index is 0.0152. The molecule has 0 aliphatic carbocycles. The van der Waals surface area contributed by atoms with E-state index in [1.807, 2.05) is 13.8 Å². The molecule has 1 aliphatic rings. The molecule has 1 fully saturated rings. The minimum Gasteiger partial charge on any atom is -0.433 e. The van der Waals surface area contributed by atoms with E-state index in [1.165, 1.54) is 0 Å². The van der Waals surface area contributed by atoms with Gasteiger partial charge in [-0.25, -0.2) is 4.79 Å². The molecule has 0 aromatic heterocycles. The van der Waals surface area contributed by atoms with Gasteiger partial charge in [0.25, 0.3) is 0 Å². The molecule has 0 aromatic rings. The predicted molar refractivity (Wildman–Crippen MR) is 69.6 cm³/mol. The number of rotatable bonds is 2. The lowest BCUT2D eigenvalue weighted by Crippen LogP contribution is -2.43. The first-order valence-electron chi connectivity index (χ1n) is 5.47. The smallest absolute Gasteiger partial charge is 0.411 e. The van der Waals surface area contributed by atoms with E-state index in [9.17, 15) is 9.59 Å². The third-order valence-electron chi connectivity index (χ3n) is 2.58. The Morgan fingerprint density at radius 2 is 2.06 bits per heavy atom.